The van der Waals surface area contributed by atoms with Gasteiger partial charge in [0, 0.05) is 0 Å². The molecule has 1 aromatic rings. The number of rotatable bonds is 0. The first-order valence-electron chi connectivity index (χ1n) is 3.67. The molecule has 0 bridgehead atoms. The lowest BCUT2D eigenvalue weighted by atomic mass is 9.97. The van der Waals surface area contributed by atoms with Crippen molar-refractivity contribution in [2.75, 3.05) is 0 Å². The van der Waals surface area contributed by atoms with Gasteiger partial charge < -0.3 is 0 Å². The molecule has 0 aromatic heterocycles. The van der Waals surface area contributed by atoms with Crippen molar-refractivity contribution in [1.82, 2.24) is 0 Å². The summed E-state index contributed by atoms with van der Waals surface area (Å²) in [5, 5.41) is 0. The molecule has 0 amide bonds. The molecule has 1 radical (unpaired) electrons. The second kappa shape index (κ2) is 2.82. The number of alkyl halides is 1. The van der Waals surface area contributed by atoms with Gasteiger partial charge in [0.15, 0.2) is 0 Å². The van der Waals surface area contributed by atoms with Crippen molar-refractivity contribution in [2.24, 2.45) is 0 Å². The molecule has 0 N–H and O–H groups in total. The molecule has 1 atom stereocenters. The minimum absolute atomic E-state index is 0.299. The molecule has 1 aromatic carbocycles. The molecule has 1 unspecified atom stereocenters. The Labute approximate surface area is 75.1 Å². The van der Waals surface area contributed by atoms with E-state index in [4.69, 9.17) is 0 Å². The number of hydrogen-bond donors (Lipinski definition) is 0. The van der Waals surface area contributed by atoms with E-state index in [1.165, 1.54) is 11.1 Å². The topological polar surface area (TPSA) is 0 Å². The van der Waals surface area contributed by atoms with Crippen molar-refractivity contribution in [3.63, 3.8) is 0 Å². The van der Waals surface area contributed by atoms with E-state index in [0.29, 0.717) is 4.83 Å². The third kappa shape index (κ3) is 1.25. The van der Waals surface area contributed by atoms with Crippen molar-refractivity contribution < 1.29 is 0 Å². The Morgan fingerprint density at radius 1 is 1.36 bits per heavy atom. The van der Waals surface area contributed by atoms with Crippen LogP contribution in [0.25, 0.3) is 0 Å². The van der Waals surface area contributed by atoms with Gasteiger partial charge in [0.2, 0.25) is 0 Å². The minimum atomic E-state index is 0.299. The van der Waals surface area contributed by atoms with Gasteiger partial charge in [-0.15, -0.1) is 0 Å². The SMILES string of the molecule is BrC1[C]=CCc2ccccc21. The van der Waals surface area contributed by atoms with Gasteiger partial charge in [-0.05, 0) is 23.6 Å². The summed E-state index contributed by atoms with van der Waals surface area (Å²) in [5.41, 5.74) is 2.77. The third-order valence-electron chi connectivity index (χ3n) is 1.91. The Hall–Kier alpha value is -0.560. The normalized spacial score (nSPS) is 21.4. The lowest BCUT2D eigenvalue weighted by Crippen LogP contribution is -1.98. The molecule has 0 saturated heterocycles. The zero-order valence-corrected chi connectivity index (χ0v) is 7.64. The van der Waals surface area contributed by atoms with E-state index in [0.717, 1.165) is 6.42 Å². The standard InChI is InChI=1S/C10H8Br/c11-10-7-3-5-8-4-1-2-6-9(8)10/h1-4,6,10H,5H2. The van der Waals surface area contributed by atoms with Crippen molar-refractivity contribution in [2.45, 2.75) is 11.2 Å². The third-order valence-corrected chi connectivity index (χ3v) is 2.67. The molecule has 0 fully saturated rings. The summed E-state index contributed by atoms with van der Waals surface area (Å²) in [7, 11) is 0. The van der Waals surface area contributed by atoms with Crippen LogP contribution in [0.3, 0.4) is 0 Å². The monoisotopic (exact) mass is 207 g/mol. The van der Waals surface area contributed by atoms with E-state index in [1.807, 2.05) is 0 Å². The number of benzene rings is 1. The molecular formula is C10H8Br. The van der Waals surface area contributed by atoms with Crippen LogP contribution < -0.4 is 0 Å². The predicted molar refractivity (Wildman–Crippen MR) is 49.6 cm³/mol. The van der Waals surface area contributed by atoms with Crippen LogP contribution in [0, 0.1) is 6.08 Å². The summed E-state index contributed by atoms with van der Waals surface area (Å²) in [6.07, 6.45) is 6.34. The fourth-order valence-corrected chi connectivity index (χ4v) is 1.96. The smallest absolute Gasteiger partial charge is 0.0647 e. The largest absolute Gasteiger partial charge is 0.0786 e. The first kappa shape index (κ1) is 7.11. The summed E-state index contributed by atoms with van der Waals surface area (Å²) in [4.78, 5) is 0.299. The van der Waals surface area contributed by atoms with E-state index < -0.39 is 0 Å². The molecule has 11 heavy (non-hydrogen) atoms. The molecule has 0 nitrogen and oxygen atoms in total. The van der Waals surface area contributed by atoms with E-state index in [1.54, 1.807) is 0 Å². The van der Waals surface area contributed by atoms with Crippen LogP contribution in [0.4, 0.5) is 0 Å². The average molecular weight is 208 g/mol. The highest BCUT2D eigenvalue weighted by molar-refractivity contribution is 9.09. The minimum Gasteiger partial charge on any atom is -0.0786 e. The van der Waals surface area contributed by atoms with Crippen LogP contribution in [-0.2, 0) is 6.42 Å². The summed E-state index contributed by atoms with van der Waals surface area (Å²) >= 11 is 3.54. The van der Waals surface area contributed by atoms with Gasteiger partial charge in [-0.2, -0.15) is 0 Å². The summed E-state index contributed by atoms with van der Waals surface area (Å²) < 4.78 is 0. The van der Waals surface area contributed by atoms with Crippen LogP contribution in [-0.4, -0.2) is 0 Å². The van der Waals surface area contributed by atoms with Crippen molar-refractivity contribution in [1.29, 1.82) is 0 Å². The molecule has 0 spiro atoms. The maximum absolute atomic E-state index is 3.54. The molecule has 0 heterocycles. The second-order valence-corrected chi connectivity index (χ2v) is 3.55. The zero-order chi connectivity index (χ0) is 7.68. The summed E-state index contributed by atoms with van der Waals surface area (Å²) in [5.74, 6) is 0. The van der Waals surface area contributed by atoms with Gasteiger partial charge in [0.25, 0.3) is 0 Å². The molecule has 0 aliphatic heterocycles. The Morgan fingerprint density at radius 3 is 3.00 bits per heavy atom. The van der Waals surface area contributed by atoms with Gasteiger partial charge in [-0.1, -0.05) is 46.3 Å². The Balaban J connectivity index is 2.50. The van der Waals surface area contributed by atoms with Gasteiger partial charge in [-0.3, -0.25) is 0 Å². The first-order chi connectivity index (χ1) is 5.38. The lowest BCUT2D eigenvalue weighted by molar-refractivity contribution is 1.06. The number of fused-ring (bicyclic) bond motifs is 1. The number of halogens is 1. The molecule has 1 aliphatic carbocycles. The van der Waals surface area contributed by atoms with Crippen molar-refractivity contribution in [3.05, 3.63) is 47.5 Å². The van der Waals surface area contributed by atoms with Crippen LogP contribution in [0.1, 0.15) is 16.0 Å². The number of allylic oxidation sites excluding steroid dienone is 2. The molecule has 1 heteroatoms. The first-order valence-corrected chi connectivity index (χ1v) is 4.59. The number of hydrogen-bond acceptors (Lipinski definition) is 0. The van der Waals surface area contributed by atoms with Crippen LogP contribution in [0.5, 0.6) is 0 Å². The highest BCUT2D eigenvalue weighted by Crippen LogP contribution is 2.30. The van der Waals surface area contributed by atoms with Gasteiger partial charge in [0.1, 0.15) is 0 Å². The van der Waals surface area contributed by atoms with Crippen LogP contribution in [0.2, 0.25) is 0 Å². The molecule has 55 valence electrons. The zero-order valence-electron chi connectivity index (χ0n) is 6.05. The highest BCUT2D eigenvalue weighted by Gasteiger charge is 2.11. The van der Waals surface area contributed by atoms with Crippen molar-refractivity contribution in [3.8, 4) is 0 Å². The van der Waals surface area contributed by atoms with Crippen LogP contribution in [0.15, 0.2) is 30.3 Å². The lowest BCUT2D eigenvalue weighted by Gasteiger charge is -2.14. The summed E-state index contributed by atoms with van der Waals surface area (Å²) in [6, 6.07) is 8.47. The average Bonchev–Trinajstić information content (AvgIpc) is 2.06. The fraction of sp³-hybridized carbons (Fsp3) is 0.200. The second-order valence-electron chi connectivity index (χ2n) is 2.64. The fourth-order valence-electron chi connectivity index (χ4n) is 1.33. The summed E-state index contributed by atoms with van der Waals surface area (Å²) in [6.45, 7) is 0. The molecule has 0 saturated carbocycles. The molecule has 2 rings (SSSR count). The predicted octanol–water partition coefficient (Wildman–Crippen LogP) is 3.04. The maximum Gasteiger partial charge on any atom is 0.0647 e. The highest BCUT2D eigenvalue weighted by atomic mass is 79.9. The van der Waals surface area contributed by atoms with Crippen molar-refractivity contribution >= 4 is 15.9 Å². The van der Waals surface area contributed by atoms with Gasteiger partial charge in [-0.25, -0.2) is 0 Å². The molecule has 1 aliphatic rings. The molecular weight excluding hydrogens is 200 g/mol. The van der Waals surface area contributed by atoms with E-state index in [9.17, 15) is 0 Å². The van der Waals surface area contributed by atoms with Crippen LogP contribution >= 0.6 is 15.9 Å². The quantitative estimate of drug-likeness (QED) is 0.575. The maximum atomic E-state index is 3.54. The Morgan fingerprint density at radius 2 is 2.18 bits per heavy atom. The van der Waals surface area contributed by atoms with E-state index in [-0.39, 0.29) is 0 Å². The van der Waals surface area contributed by atoms with E-state index >= 15 is 0 Å². The van der Waals surface area contributed by atoms with E-state index in [2.05, 4.69) is 52.3 Å². The Kier molecular flexibility index (Phi) is 1.82. The van der Waals surface area contributed by atoms with Gasteiger partial charge >= 0.3 is 0 Å². The van der Waals surface area contributed by atoms with Gasteiger partial charge in [0.05, 0.1) is 4.83 Å². The Bertz CT molecular complexity index is 289.